The van der Waals surface area contributed by atoms with Crippen LogP contribution in [0.5, 0.6) is 0 Å². The van der Waals surface area contributed by atoms with Gasteiger partial charge in [0, 0.05) is 6.54 Å². The van der Waals surface area contributed by atoms with E-state index in [4.69, 9.17) is 0 Å². The molecule has 0 bridgehead atoms. The van der Waals surface area contributed by atoms with Gasteiger partial charge in [-0.2, -0.15) is 4.31 Å². The van der Waals surface area contributed by atoms with Crippen LogP contribution in [0.2, 0.25) is 0 Å². The zero-order valence-electron chi connectivity index (χ0n) is 20.7. The van der Waals surface area contributed by atoms with E-state index < -0.39 is 27.9 Å². The van der Waals surface area contributed by atoms with Crippen molar-refractivity contribution in [3.8, 4) is 0 Å². The zero-order valence-corrected chi connectivity index (χ0v) is 21.5. The van der Waals surface area contributed by atoms with Gasteiger partial charge in [0.05, 0.1) is 17.0 Å². The second kappa shape index (κ2) is 9.40. The summed E-state index contributed by atoms with van der Waals surface area (Å²) in [4.78, 5) is 28.0. The van der Waals surface area contributed by atoms with Crippen LogP contribution in [0.4, 0.5) is 5.69 Å². The highest BCUT2D eigenvalue weighted by atomic mass is 32.2. The smallest absolute Gasteiger partial charge is 0.252 e. The van der Waals surface area contributed by atoms with E-state index in [1.165, 1.54) is 4.31 Å². The molecular weight excluding hydrogens is 460 g/mol. The maximum atomic E-state index is 14.3. The van der Waals surface area contributed by atoms with Crippen LogP contribution in [0.3, 0.4) is 0 Å². The van der Waals surface area contributed by atoms with Crippen LogP contribution in [-0.4, -0.2) is 30.6 Å². The molecule has 6 nitrogen and oxygen atoms in total. The molecule has 0 saturated carbocycles. The Labute approximate surface area is 207 Å². The first kappa shape index (κ1) is 24.8. The van der Waals surface area contributed by atoms with Crippen molar-refractivity contribution in [1.29, 1.82) is 0 Å². The Morgan fingerprint density at radius 2 is 1.43 bits per heavy atom. The quantitative estimate of drug-likeness (QED) is 0.467. The Balaban J connectivity index is 1.84. The van der Waals surface area contributed by atoms with Gasteiger partial charge in [-0.25, -0.2) is 13.3 Å². The van der Waals surface area contributed by atoms with Gasteiger partial charge in [0.15, 0.2) is 0 Å². The van der Waals surface area contributed by atoms with Crippen molar-refractivity contribution in [3.05, 3.63) is 94.0 Å². The summed E-state index contributed by atoms with van der Waals surface area (Å²) in [7, 11) is -4.12. The number of imide groups is 1. The number of amides is 2. The summed E-state index contributed by atoms with van der Waals surface area (Å²) in [5.74, 6) is -0.941. The molecule has 1 heterocycles. The Hall–Kier alpha value is -3.29. The predicted molar refractivity (Wildman–Crippen MR) is 137 cm³/mol. The number of sulfonamides is 1. The minimum absolute atomic E-state index is 0.0134. The first-order valence-electron chi connectivity index (χ1n) is 11.6. The first-order valence-corrected chi connectivity index (χ1v) is 13.0. The number of hydrogen-bond acceptors (Lipinski definition) is 4. The third-order valence-corrected chi connectivity index (χ3v) is 8.94. The Morgan fingerprint density at radius 3 is 2.00 bits per heavy atom. The summed E-state index contributed by atoms with van der Waals surface area (Å²) < 4.78 is 29.7. The number of benzene rings is 3. The molecule has 0 aromatic heterocycles. The van der Waals surface area contributed by atoms with Gasteiger partial charge in [0.25, 0.3) is 5.91 Å². The minimum Gasteiger partial charge on any atom is -0.274 e. The number of nitrogens with zero attached hydrogens (tertiary/aromatic N) is 2. The highest BCUT2D eigenvalue weighted by molar-refractivity contribution is 7.89. The normalized spacial score (nSPS) is 16.4. The fraction of sp³-hybridized carbons (Fsp3) is 0.286. The average molecular weight is 491 g/mol. The second-order valence-electron chi connectivity index (χ2n) is 9.25. The van der Waals surface area contributed by atoms with Crippen molar-refractivity contribution in [2.24, 2.45) is 0 Å². The van der Waals surface area contributed by atoms with Gasteiger partial charge in [-0.05, 0) is 74.6 Å². The lowest BCUT2D eigenvalue weighted by Crippen LogP contribution is -2.45. The van der Waals surface area contributed by atoms with Crippen LogP contribution in [0.25, 0.3) is 0 Å². The lowest BCUT2D eigenvalue weighted by Gasteiger charge is -2.29. The molecule has 1 saturated heterocycles. The molecule has 7 heteroatoms. The molecule has 0 N–H and O–H groups in total. The predicted octanol–water partition coefficient (Wildman–Crippen LogP) is 4.75. The molecule has 35 heavy (non-hydrogen) atoms. The summed E-state index contributed by atoms with van der Waals surface area (Å²) >= 11 is 0. The van der Waals surface area contributed by atoms with Crippen LogP contribution < -0.4 is 4.90 Å². The standard InChI is InChI=1S/C28H30N2O4S/c1-18-11-13-24(14-12-18)30-26(31)16-25(28(30)32)29(17-23-9-7-6-8-10-23)35(33,34)27-21(4)19(2)15-20(3)22(27)5/h6-15,25H,16-17H2,1-5H3. The summed E-state index contributed by atoms with van der Waals surface area (Å²) in [6, 6.07) is 17.1. The first-order chi connectivity index (χ1) is 16.5. The van der Waals surface area contributed by atoms with E-state index in [-0.39, 0.29) is 17.9 Å². The molecule has 0 radical (unpaired) electrons. The molecule has 1 aliphatic rings. The number of hydrogen-bond donors (Lipinski definition) is 0. The number of aryl methyl sites for hydroxylation is 3. The maximum Gasteiger partial charge on any atom is 0.252 e. The maximum absolute atomic E-state index is 14.3. The molecule has 182 valence electrons. The molecule has 1 fully saturated rings. The number of carbonyl (C=O) groups is 2. The van der Waals surface area contributed by atoms with Gasteiger partial charge in [-0.15, -0.1) is 0 Å². The van der Waals surface area contributed by atoms with Crippen molar-refractivity contribution < 1.29 is 18.0 Å². The largest absolute Gasteiger partial charge is 0.274 e. The van der Waals surface area contributed by atoms with Gasteiger partial charge >= 0.3 is 0 Å². The monoisotopic (exact) mass is 490 g/mol. The van der Waals surface area contributed by atoms with Gasteiger partial charge < -0.3 is 0 Å². The Bertz CT molecular complexity index is 1370. The van der Waals surface area contributed by atoms with Gasteiger partial charge in [0.2, 0.25) is 15.9 Å². The summed E-state index contributed by atoms with van der Waals surface area (Å²) in [5.41, 5.74) is 5.21. The van der Waals surface area contributed by atoms with Crippen LogP contribution in [0.15, 0.2) is 65.6 Å². The molecule has 1 unspecified atom stereocenters. The lowest BCUT2D eigenvalue weighted by atomic mass is 10.0. The molecule has 0 spiro atoms. The van der Waals surface area contributed by atoms with E-state index in [1.807, 2.05) is 69.3 Å². The SMILES string of the molecule is Cc1ccc(N2C(=O)CC(N(Cc3ccccc3)S(=O)(=O)c3c(C)c(C)cc(C)c3C)C2=O)cc1. The highest BCUT2D eigenvalue weighted by Crippen LogP contribution is 2.34. The van der Waals surface area contributed by atoms with Crippen molar-refractivity contribution in [1.82, 2.24) is 4.31 Å². The number of rotatable bonds is 6. The third kappa shape index (κ3) is 4.54. The number of anilines is 1. The lowest BCUT2D eigenvalue weighted by molar-refractivity contribution is -0.122. The molecule has 0 aliphatic carbocycles. The van der Waals surface area contributed by atoms with Crippen molar-refractivity contribution in [2.75, 3.05) is 4.90 Å². The van der Waals surface area contributed by atoms with E-state index in [1.54, 1.807) is 26.0 Å². The van der Waals surface area contributed by atoms with Crippen molar-refractivity contribution in [2.45, 2.75) is 58.5 Å². The Kier molecular flexibility index (Phi) is 6.66. The molecule has 4 rings (SSSR count). The summed E-state index contributed by atoms with van der Waals surface area (Å²) in [6.07, 6.45) is -0.207. The van der Waals surface area contributed by atoms with E-state index in [0.29, 0.717) is 16.8 Å². The summed E-state index contributed by atoms with van der Waals surface area (Å²) in [6.45, 7) is 9.24. The Morgan fingerprint density at radius 1 is 0.857 bits per heavy atom. The van der Waals surface area contributed by atoms with E-state index >= 15 is 0 Å². The van der Waals surface area contributed by atoms with Crippen molar-refractivity contribution >= 4 is 27.5 Å². The van der Waals surface area contributed by atoms with Gasteiger partial charge in [0.1, 0.15) is 6.04 Å². The zero-order chi connectivity index (χ0) is 25.5. The van der Waals surface area contributed by atoms with E-state index in [9.17, 15) is 18.0 Å². The number of carbonyl (C=O) groups excluding carboxylic acids is 2. The minimum atomic E-state index is -4.12. The van der Waals surface area contributed by atoms with Crippen LogP contribution in [-0.2, 0) is 26.2 Å². The molecule has 1 atom stereocenters. The summed E-state index contributed by atoms with van der Waals surface area (Å²) in [5, 5.41) is 0. The fourth-order valence-electron chi connectivity index (χ4n) is 4.62. The molecule has 1 aliphatic heterocycles. The molecular formula is C28H30N2O4S. The van der Waals surface area contributed by atoms with Crippen LogP contribution in [0, 0.1) is 34.6 Å². The highest BCUT2D eigenvalue weighted by Gasteiger charge is 2.47. The average Bonchev–Trinajstić information content (AvgIpc) is 3.10. The van der Waals surface area contributed by atoms with Gasteiger partial charge in [-0.3, -0.25) is 9.59 Å². The molecule has 3 aromatic rings. The molecule has 2 amide bonds. The van der Waals surface area contributed by atoms with Crippen LogP contribution >= 0.6 is 0 Å². The van der Waals surface area contributed by atoms with E-state index in [0.717, 1.165) is 27.2 Å². The molecule has 3 aromatic carbocycles. The topological polar surface area (TPSA) is 74.8 Å². The van der Waals surface area contributed by atoms with Crippen LogP contribution in [0.1, 0.15) is 39.8 Å². The van der Waals surface area contributed by atoms with E-state index in [2.05, 4.69) is 0 Å². The fourth-order valence-corrected chi connectivity index (χ4v) is 6.77. The second-order valence-corrected chi connectivity index (χ2v) is 11.1. The third-order valence-electron chi connectivity index (χ3n) is 6.81. The van der Waals surface area contributed by atoms with Crippen molar-refractivity contribution in [3.63, 3.8) is 0 Å². The van der Waals surface area contributed by atoms with Gasteiger partial charge in [-0.1, -0.05) is 54.1 Å².